The number of amidine groups is 1. The molecule has 0 saturated carbocycles. The molecule has 0 bridgehead atoms. The summed E-state index contributed by atoms with van der Waals surface area (Å²) in [6.07, 6.45) is 0. The van der Waals surface area contributed by atoms with Crippen molar-refractivity contribution in [2.24, 2.45) is 4.99 Å². The number of hydrogen-bond donors (Lipinski definition) is 2. The molecule has 62 valence electrons. The summed E-state index contributed by atoms with van der Waals surface area (Å²) in [5.74, 6) is 0.745. The van der Waals surface area contributed by atoms with E-state index in [0.717, 1.165) is 5.84 Å². The van der Waals surface area contributed by atoms with Crippen LogP contribution in [0.2, 0.25) is 0 Å². The molecular formula is C7H13N3O. The summed E-state index contributed by atoms with van der Waals surface area (Å²) in [4.78, 5) is 14.6. The lowest BCUT2D eigenvalue weighted by molar-refractivity contribution is -0.117. The van der Waals surface area contributed by atoms with Crippen molar-refractivity contribution in [1.29, 1.82) is 0 Å². The van der Waals surface area contributed by atoms with Crippen LogP contribution in [0.25, 0.3) is 0 Å². The summed E-state index contributed by atoms with van der Waals surface area (Å²) < 4.78 is 0. The van der Waals surface area contributed by atoms with E-state index in [9.17, 15) is 4.79 Å². The Morgan fingerprint density at radius 1 is 1.73 bits per heavy atom. The summed E-state index contributed by atoms with van der Waals surface area (Å²) in [6, 6.07) is 0.426. The van der Waals surface area contributed by atoms with E-state index >= 15 is 0 Å². The molecule has 0 aromatic carbocycles. The van der Waals surface area contributed by atoms with Gasteiger partial charge in [-0.05, 0) is 0 Å². The number of nitrogens with zero attached hydrogens (tertiary/aromatic N) is 1. The number of carbonyl (C=O) groups is 1. The second-order valence-corrected chi connectivity index (χ2v) is 2.85. The first-order valence-electron chi connectivity index (χ1n) is 3.75. The summed E-state index contributed by atoms with van der Waals surface area (Å²) in [5.41, 5.74) is 0. The van der Waals surface area contributed by atoms with Crippen molar-refractivity contribution in [3.05, 3.63) is 0 Å². The second kappa shape index (κ2) is 3.48. The molecule has 0 radical (unpaired) electrons. The van der Waals surface area contributed by atoms with E-state index in [4.69, 9.17) is 0 Å². The van der Waals surface area contributed by atoms with Crippen LogP contribution in [0, 0.1) is 0 Å². The first kappa shape index (κ1) is 8.20. The Kier molecular flexibility index (Phi) is 2.59. The fourth-order valence-corrected chi connectivity index (χ4v) is 0.808. The smallest absolute Gasteiger partial charge is 0.247 e. The highest BCUT2D eigenvalue weighted by Gasteiger charge is 2.11. The molecule has 1 rings (SSSR count). The predicted molar refractivity (Wildman–Crippen MR) is 43.6 cm³/mol. The number of carbonyl (C=O) groups excluding carboxylic acids is 1. The van der Waals surface area contributed by atoms with Gasteiger partial charge < -0.3 is 10.6 Å². The lowest BCUT2D eigenvalue weighted by Gasteiger charge is -2.06. The Labute approximate surface area is 66.1 Å². The molecule has 1 amide bonds. The highest BCUT2D eigenvalue weighted by molar-refractivity contribution is 6.04. The van der Waals surface area contributed by atoms with Gasteiger partial charge in [0.05, 0.1) is 6.54 Å². The Morgan fingerprint density at radius 3 is 2.91 bits per heavy atom. The van der Waals surface area contributed by atoms with E-state index in [-0.39, 0.29) is 12.5 Å². The standard InChI is InChI=1S/C7H13N3O/c1-5(2)8-3-6-9-4-7(11)10-6/h5,8H,3-4H2,1-2H3,(H,9,10,11). The van der Waals surface area contributed by atoms with Gasteiger partial charge in [-0.2, -0.15) is 0 Å². The van der Waals surface area contributed by atoms with Crippen molar-refractivity contribution < 1.29 is 4.79 Å². The molecule has 2 N–H and O–H groups in total. The van der Waals surface area contributed by atoms with E-state index in [1.54, 1.807) is 0 Å². The molecule has 0 atom stereocenters. The molecule has 0 fully saturated rings. The molecule has 4 heteroatoms. The lowest BCUT2D eigenvalue weighted by Crippen LogP contribution is -2.36. The van der Waals surface area contributed by atoms with Crippen molar-refractivity contribution >= 4 is 11.7 Å². The second-order valence-electron chi connectivity index (χ2n) is 2.85. The van der Waals surface area contributed by atoms with Crippen LogP contribution in [0.15, 0.2) is 4.99 Å². The molecular weight excluding hydrogens is 142 g/mol. The van der Waals surface area contributed by atoms with Crippen LogP contribution in [0.1, 0.15) is 13.8 Å². The lowest BCUT2D eigenvalue weighted by atomic mass is 10.4. The first-order chi connectivity index (χ1) is 5.18. The van der Waals surface area contributed by atoms with Gasteiger partial charge in [0.2, 0.25) is 5.91 Å². The Morgan fingerprint density at radius 2 is 2.45 bits per heavy atom. The normalized spacial score (nSPS) is 17.0. The van der Waals surface area contributed by atoms with Gasteiger partial charge in [-0.25, -0.2) is 0 Å². The van der Waals surface area contributed by atoms with Gasteiger partial charge in [0.15, 0.2) is 0 Å². The Hall–Kier alpha value is -0.900. The summed E-state index contributed by atoms with van der Waals surface area (Å²) >= 11 is 0. The van der Waals surface area contributed by atoms with Crippen LogP contribution in [0.5, 0.6) is 0 Å². The van der Waals surface area contributed by atoms with E-state index in [0.29, 0.717) is 12.6 Å². The van der Waals surface area contributed by atoms with Crippen molar-refractivity contribution in [2.75, 3.05) is 13.1 Å². The third-order valence-electron chi connectivity index (χ3n) is 1.37. The van der Waals surface area contributed by atoms with Crippen LogP contribution >= 0.6 is 0 Å². The minimum atomic E-state index is -0.00874. The molecule has 4 nitrogen and oxygen atoms in total. The van der Waals surface area contributed by atoms with Crippen LogP contribution in [0.4, 0.5) is 0 Å². The molecule has 0 aromatic rings. The van der Waals surface area contributed by atoms with Crippen LogP contribution in [-0.4, -0.2) is 30.9 Å². The van der Waals surface area contributed by atoms with Crippen LogP contribution < -0.4 is 10.6 Å². The molecule has 11 heavy (non-hydrogen) atoms. The SMILES string of the molecule is CC(C)NCC1=NCC(=O)N1. The third kappa shape index (κ3) is 2.67. The summed E-state index contributed by atoms with van der Waals surface area (Å²) in [5, 5.41) is 5.82. The van der Waals surface area contributed by atoms with E-state index in [1.807, 2.05) is 0 Å². The predicted octanol–water partition coefficient (Wildman–Crippen LogP) is -0.487. The van der Waals surface area contributed by atoms with Crippen LogP contribution in [-0.2, 0) is 4.79 Å². The maximum atomic E-state index is 10.6. The average molecular weight is 155 g/mol. The van der Waals surface area contributed by atoms with Gasteiger partial charge in [0.25, 0.3) is 0 Å². The van der Waals surface area contributed by atoms with E-state index < -0.39 is 0 Å². The number of aliphatic imine (C=N–C) groups is 1. The molecule has 0 aromatic heterocycles. The van der Waals surface area contributed by atoms with Gasteiger partial charge in [0.1, 0.15) is 12.4 Å². The van der Waals surface area contributed by atoms with Gasteiger partial charge in [-0.1, -0.05) is 13.8 Å². The van der Waals surface area contributed by atoms with Crippen molar-refractivity contribution in [1.82, 2.24) is 10.6 Å². The molecule has 0 aliphatic carbocycles. The fourth-order valence-electron chi connectivity index (χ4n) is 0.808. The maximum absolute atomic E-state index is 10.6. The average Bonchev–Trinajstić information content (AvgIpc) is 2.31. The molecule has 0 spiro atoms. The zero-order valence-electron chi connectivity index (χ0n) is 6.85. The quantitative estimate of drug-likeness (QED) is 0.578. The number of amides is 1. The van der Waals surface area contributed by atoms with Gasteiger partial charge >= 0.3 is 0 Å². The van der Waals surface area contributed by atoms with Crippen molar-refractivity contribution in [2.45, 2.75) is 19.9 Å². The maximum Gasteiger partial charge on any atom is 0.247 e. The highest BCUT2D eigenvalue weighted by Crippen LogP contribution is 1.86. The minimum Gasteiger partial charge on any atom is -0.312 e. The highest BCUT2D eigenvalue weighted by atomic mass is 16.2. The molecule has 1 aliphatic rings. The number of hydrogen-bond acceptors (Lipinski definition) is 3. The summed E-state index contributed by atoms with van der Waals surface area (Å²) in [6.45, 7) is 5.05. The topological polar surface area (TPSA) is 53.5 Å². The van der Waals surface area contributed by atoms with Gasteiger partial charge in [-0.15, -0.1) is 0 Å². The van der Waals surface area contributed by atoms with Gasteiger partial charge in [-0.3, -0.25) is 9.79 Å². The van der Waals surface area contributed by atoms with Crippen molar-refractivity contribution in [3.63, 3.8) is 0 Å². The molecule has 1 heterocycles. The zero-order chi connectivity index (χ0) is 8.27. The zero-order valence-corrected chi connectivity index (χ0v) is 6.85. The molecule has 0 saturated heterocycles. The fraction of sp³-hybridized carbons (Fsp3) is 0.714. The monoisotopic (exact) mass is 155 g/mol. The number of nitrogens with one attached hydrogen (secondary N) is 2. The Bertz CT molecular complexity index is 186. The first-order valence-corrected chi connectivity index (χ1v) is 3.75. The van der Waals surface area contributed by atoms with Crippen molar-refractivity contribution in [3.8, 4) is 0 Å². The van der Waals surface area contributed by atoms with E-state index in [1.165, 1.54) is 0 Å². The third-order valence-corrected chi connectivity index (χ3v) is 1.37. The van der Waals surface area contributed by atoms with Gasteiger partial charge in [0, 0.05) is 6.04 Å². The molecule has 1 aliphatic heterocycles. The van der Waals surface area contributed by atoms with Crippen LogP contribution in [0.3, 0.4) is 0 Å². The molecule has 0 unspecified atom stereocenters. The van der Waals surface area contributed by atoms with E-state index in [2.05, 4.69) is 29.5 Å². The summed E-state index contributed by atoms with van der Waals surface area (Å²) in [7, 11) is 0. The Balaban J connectivity index is 2.23. The number of rotatable bonds is 3. The largest absolute Gasteiger partial charge is 0.312 e. The minimum absolute atomic E-state index is 0.00874.